The minimum absolute atomic E-state index is 0.225. The summed E-state index contributed by atoms with van der Waals surface area (Å²) >= 11 is 3.40. The molecule has 0 aliphatic carbocycles. The van der Waals surface area contributed by atoms with Crippen molar-refractivity contribution in [1.29, 1.82) is 0 Å². The lowest BCUT2D eigenvalue weighted by Crippen LogP contribution is -2.30. The van der Waals surface area contributed by atoms with Crippen LogP contribution < -0.4 is 0 Å². The summed E-state index contributed by atoms with van der Waals surface area (Å²) in [6.07, 6.45) is 2.22. The third-order valence-corrected chi connectivity index (χ3v) is 4.20. The highest BCUT2D eigenvalue weighted by Gasteiger charge is 2.32. The topological polar surface area (TPSA) is 75.4 Å². The van der Waals surface area contributed by atoms with Gasteiger partial charge < -0.3 is 10.0 Å². The van der Waals surface area contributed by atoms with Gasteiger partial charge in [-0.3, -0.25) is 9.59 Å². The number of hydrogen-bond donors (Lipinski definition) is 1. The van der Waals surface area contributed by atoms with Gasteiger partial charge in [0.25, 0.3) is 5.91 Å². The Balaban J connectivity index is 1.77. The molecule has 114 valence electrons. The van der Waals surface area contributed by atoms with Gasteiger partial charge in [0, 0.05) is 23.8 Å². The fourth-order valence-electron chi connectivity index (χ4n) is 2.51. The molecule has 1 aromatic heterocycles. The van der Waals surface area contributed by atoms with Crippen LogP contribution in [0.3, 0.4) is 0 Å². The molecule has 1 aliphatic rings. The molecule has 6 nitrogen and oxygen atoms in total. The number of rotatable bonds is 3. The van der Waals surface area contributed by atoms with Crippen LogP contribution in [0.5, 0.6) is 0 Å². The summed E-state index contributed by atoms with van der Waals surface area (Å²) in [5, 5.41) is 13.3. The van der Waals surface area contributed by atoms with Crippen LogP contribution in [0.4, 0.5) is 0 Å². The zero-order chi connectivity index (χ0) is 15.7. The molecule has 1 saturated heterocycles. The Kier molecular flexibility index (Phi) is 3.98. The second-order valence-electron chi connectivity index (χ2n) is 5.20. The Morgan fingerprint density at radius 2 is 2.14 bits per heavy atom. The van der Waals surface area contributed by atoms with Crippen LogP contribution in [0.2, 0.25) is 0 Å². The molecule has 3 rings (SSSR count). The third-order valence-electron chi connectivity index (χ3n) is 3.71. The minimum atomic E-state index is -0.852. The Morgan fingerprint density at radius 3 is 2.82 bits per heavy atom. The van der Waals surface area contributed by atoms with E-state index in [1.54, 1.807) is 21.8 Å². The maximum atomic E-state index is 12.4. The number of amides is 1. The normalized spacial score (nSPS) is 17.7. The van der Waals surface area contributed by atoms with Gasteiger partial charge >= 0.3 is 5.97 Å². The Bertz CT molecular complexity index is 728. The van der Waals surface area contributed by atoms with E-state index in [1.807, 2.05) is 24.3 Å². The molecular weight excluding hydrogens is 350 g/mol. The predicted octanol–water partition coefficient (Wildman–Crippen LogP) is 2.18. The van der Waals surface area contributed by atoms with E-state index in [0.29, 0.717) is 18.7 Å². The molecule has 1 N–H and O–H groups in total. The van der Waals surface area contributed by atoms with Crippen molar-refractivity contribution in [2.24, 2.45) is 5.92 Å². The molecular formula is C15H14BrN3O3. The molecule has 1 aliphatic heterocycles. The van der Waals surface area contributed by atoms with Crippen molar-refractivity contribution in [3.8, 4) is 5.69 Å². The van der Waals surface area contributed by atoms with Gasteiger partial charge in [-0.2, -0.15) is 5.10 Å². The van der Waals surface area contributed by atoms with Gasteiger partial charge in [-0.05, 0) is 30.7 Å². The number of aliphatic carboxylic acids is 1. The molecule has 7 heteroatoms. The number of carboxylic acid groups (broad SMARTS) is 1. The number of nitrogens with zero attached hydrogens (tertiary/aromatic N) is 3. The summed E-state index contributed by atoms with van der Waals surface area (Å²) in [5.74, 6) is -1.55. The number of likely N-dealkylation sites (tertiary alicyclic amines) is 1. The van der Waals surface area contributed by atoms with Crippen LogP contribution in [0.15, 0.2) is 41.0 Å². The zero-order valence-electron chi connectivity index (χ0n) is 11.6. The summed E-state index contributed by atoms with van der Waals surface area (Å²) in [6, 6.07) is 9.24. The zero-order valence-corrected chi connectivity index (χ0v) is 13.2. The molecule has 2 heterocycles. The van der Waals surface area contributed by atoms with E-state index in [2.05, 4.69) is 21.0 Å². The van der Waals surface area contributed by atoms with Crippen LogP contribution >= 0.6 is 15.9 Å². The number of carbonyl (C=O) groups excluding carboxylic acids is 1. The van der Waals surface area contributed by atoms with Gasteiger partial charge in [0.05, 0.1) is 11.6 Å². The number of aromatic nitrogens is 2. The molecule has 22 heavy (non-hydrogen) atoms. The lowest BCUT2D eigenvalue weighted by molar-refractivity contribution is -0.141. The van der Waals surface area contributed by atoms with E-state index in [-0.39, 0.29) is 12.5 Å². The molecule has 1 aromatic carbocycles. The third kappa shape index (κ3) is 2.89. The van der Waals surface area contributed by atoms with Gasteiger partial charge in [0.15, 0.2) is 5.69 Å². The van der Waals surface area contributed by atoms with E-state index in [0.717, 1.165) is 10.2 Å². The van der Waals surface area contributed by atoms with E-state index in [1.165, 1.54) is 0 Å². The second-order valence-corrected chi connectivity index (χ2v) is 6.12. The lowest BCUT2D eigenvalue weighted by atomic mass is 10.1. The summed E-state index contributed by atoms with van der Waals surface area (Å²) in [7, 11) is 0. The van der Waals surface area contributed by atoms with Crippen molar-refractivity contribution in [2.45, 2.75) is 6.42 Å². The van der Waals surface area contributed by atoms with Crippen LogP contribution in [-0.2, 0) is 4.79 Å². The number of benzene rings is 1. The molecule has 1 atom stereocenters. The molecule has 0 radical (unpaired) electrons. The van der Waals surface area contributed by atoms with Gasteiger partial charge in [-0.25, -0.2) is 4.68 Å². The second kappa shape index (κ2) is 5.92. The van der Waals surface area contributed by atoms with Crippen molar-refractivity contribution in [3.63, 3.8) is 0 Å². The van der Waals surface area contributed by atoms with Gasteiger partial charge in [-0.1, -0.05) is 22.0 Å². The maximum Gasteiger partial charge on any atom is 0.308 e. The smallest absolute Gasteiger partial charge is 0.308 e. The molecule has 1 amide bonds. The molecule has 0 spiro atoms. The fraction of sp³-hybridized carbons (Fsp3) is 0.267. The molecule has 0 unspecified atom stereocenters. The Hall–Kier alpha value is -2.15. The Labute approximate surface area is 135 Å². The first-order chi connectivity index (χ1) is 10.5. The van der Waals surface area contributed by atoms with Gasteiger partial charge in [-0.15, -0.1) is 0 Å². The van der Waals surface area contributed by atoms with Crippen LogP contribution in [0.1, 0.15) is 16.9 Å². The summed E-state index contributed by atoms with van der Waals surface area (Å²) in [6.45, 7) is 0.706. The SMILES string of the molecule is O=C(O)[C@H]1CCN(C(=O)c2ccn(-c3cccc(Br)c3)n2)C1. The lowest BCUT2D eigenvalue weighted by Gasteiger charge is -2.13. The average molecular weight is 364 g/mol. The number of carbonyl (C=O) groups is 2. The summed E-state index contributed by atoms with van der Waals surface area (Å²) in [5.41, 5.74) is 1.17. The summed E-state index contributed by atoms with van der Waals surface area (Å²) < 4.78 is 2.56. The highest BCUT2D eigenvalue weighted by molar-refractivity contribution is 9.10. The fourth-order valence-corrected chi connectivity index (χ4v) is 2.90. The number of halogens is 1. The number of carboxylic acids is 1. The van der Waals surface area contributed by atoms with E-state index in [9.17, 15) is 9.59 Å². The van der Waals surface area contributed by atoms with Gasteiger partial charge in [0.2, 0.25) is 0 Å². The van der Waals surface area contributed by atoms with E-state index in [4.69, 9.17) is 5.11 Å². The van der Waals surface area contributed by atoms with Crippen molar-refractivity contribution >= 4 is 27.8 Å². The monoisotopic (exact) mass is 363 g/mol. The molecule has 1 fully saturated rings. The van der Waals surface area contributed by atoms with Crippen molar-refractivity contribution in [1.82, 2.24) is 14.7 Å². The van der Waals surface area contributed by atoms with Crippen LogP contribution in [0.25, 0.3) is 5.69 Å². The first kappa shape index (κ1) is 14.8. The van der Waals surface area contributed by atoms with Crippen LogP contribution in [0, 0.1) is 5.92 Å². The standard InChI is InChI=1S/C15H14BrN3O3/c16-11-2-1-3-12(8-11)19-7-5-13(17-19)14(20)18-6-4-10(9-18)15(21)22/h1-3,5,7-8,10H,4,6,9H2,(H,21,22)/t10-/m0/s1. The average Bonchev–Trinajstić information content (AvgIpc) is 3.16. The minimum Gasteiger partial charge on any atom is -0.481 e. The molecule has 2 aromatic rings. The Morgan fingerprint density at radius 1 is 1.32 bits per heavy atom. The maximum absolute atomic E-state index is 12.4. The highest BCUT2D eigenvalue weighted by atomic mass is 79.9. The largest absolute Gasteiger partial charge is 0.481 e. The van der Waals surface area contributed by atoms with Crippen LogP contribution in [-0.4, -0.2) is 44.8 Å². The molecule has 0 saturated carbocycles. The first-order valence-electron chi connectivity index (χ1n) is 6.88. The van der Waals surface area contributed by atoms with E-state index >= 15 is 0 Å². The predicted molar refractivity (Wildman–Crippen MR) is 82.9 cm³/mol. The van der Waals surface area contributed by atoms with Crippen molar-refractivity contribution < 1.29 is 14.7 Å². The van der Waals surface area contributed by atoms with E-state index < -0.39 is 11.9 Å². The number of hydrogen-bond acceptors (Lipinski definition) is 3. The van der Waals surface area contributed by atoms with Crippen molar-refractivity contribution in [2.75, 3.05) is 13.1 Å². The first-order valence-corrected chi connectivity index (χ1v) is 7.67. The summed E-state index contributed by atoms with van der Waals surface area (Å²) in [4.78, 5) is 24.9. The quantitative estimate of drug-likeness (QED) is 0.906. The highest BCUT2D eigenvalue weighted by Crippen LogP contribution is 2.19. The molecule has 0 bridgehead atoms. The van der Waals surface area contributed by atoms with Gasteiger partial charge in [0.1, 0.15) is 0 Å². The van der Waals surface area contributed by atoms with Crippen molar-refractivity contribution in [3.05, 3.63) is 46.7 Å².